The van der Waals surface area contributed by atoms with Crippen LogP contribution in [0.15, 0.2) is 54.6 Å². The zero-order valence-electron chi connectivity index (χ0n) is 13.4. The van der Waals surface area contributed by atoms with E-state index in [4.69, 9.17) is 9.47 Å². The molecule has 0 aliphatic carbocycles. The van der Waals surface area contributed by atoms with Gasteiger partial charge in [-0.3, -0.25) is 25.2 Å². The number of rotatable bonds is 5. The van der Waals surface area contributed by atoms with Crippen molar-refractivity contribution in [3.8, 4) is 11.5 Å². The highest BCUT2D eigenvalue weighted by atomic mass is 16.5. The number of benzene rings is 2. The van der Waals surface area contributed by atoms with Crippen LogP contribution in [0.5, 0.6) is 11.5 Å². The second-order valence-corrected chi connectivity index (χ2v) is 4.79. The minimum absolute atomic E-state index is 0.326. The molecule has 3 N–H and O–H groups in total. The summed E-state index contributed by atoms with van der Waals surface area (Å²) in [6, 6.07) is 15.1. The van der Waals surface area contributed by atoms with Crippen LogP contribution in [-0.2, 0) is 14.4 Å². The zero-order valence-corrected chi connectivity index (χ0v) is 13.4. The van der Waals surface area contributed by atoms with Crippen molar-refractivity contribution in [3.63, 3.8) is 0 Å². The van der Waals surface area contributed by atoms with E-state index in [1.807, 2.05) is 5.43 Å². The summed E-state index contributed by atoms with van der Waals surface area (Å²) in [6.07, 6.45) is 0. The maximum atomic E-state index is 11.6. The van der Waals surface area contributed by atoms with Crippen LogP contribution in [0.2, 0.25) is 0 Å². The Labute approximate surface area is 144 Å². The molecule has 0 aliphatic rings. The van der Waals surface area contributed by atoms with Crippen LogP contribution in [0.3, 0.4) is 0 Å². The Hall–Kier alpha value is -3.55. The smallest absolute Gasteiger partial charge is 0.328 e. The summed E-state index contributed by atoms with van der Waals surface area (Å²) >= 11 is 0. The third kappa shape index (κ3) is 5.87. The fourth-order valence-electron chi connectivity index (χ4n) is 1.75. The number of amides is 3. The van der Waals surface area contributed by atoms with Crippen LogP contribution in [0.25, 0.3) is 0 Å². The number of hydrogen-bond acceptors (Lipinski definition) is 5. The Kier molecular flexibility index (Phi) is 6.35. The average Bonchev–Trinajstić information content (AvgIpc) is 2.65. The summed E-state index contributed by atoms with van der Waals surface area (Å²) in [5.74, 6) is -1.39. The molecule has 0 bridgehead atoms. The fraction of sp³-hybridized carbons (Fsp3) is 0.118. The highest BCUT2D eigenvalue weighted by Gasteiger charge is 2.14. The summed E-state index contributed by atoms with van der Waals surface area (Å²) in [5, 5.41) is 2.39. The van der Waals surface area contributed by atoms with E-state index < -0.39 is 17.7 Å². The second kappa shape index (κ2) is 8.92. The topological polar surface area (TPSA) is 106 Å². The molecule has 0 radical (unpaired) electrons. The first-order valence-electron chi connectivity index (χ1n) is 7.30. The molecule has 0 fully saturated rings. The number of hydrogen-bond donors (Lipinski definition) is 3. The van der Waals surface area contributed by atoms with Gasteiger partial charge in [0.05, 0.1) is 7.11 Å². The van der Waals surface area contributed by atoms with Gasteiger partial charge in [-0.1, -0.05) is 18.2 Å². The Morgan fingerprint density at radius 1 is 0.840 bits per heavy atom. The minimum Gasteiger partial charge on any atom is -0.497 e. The third-order valence-electron chi connectivity index (χ3n) is 2.98. The number of carbonyl (C=O) groups is 3. The lowest BCUT2D eigenvalue weighted by Crippen LogP contribution is -2.48. The summed E-state index contributed by atoms with van der Waals surface area (Å²) in [4.78, 5) is 34.9. The molecule has 3 amide bonds. The molecule has 130 valence electrons. The number of methoxy groups -OCH3 is 1. The zero-order chi connectivity index (χ0) is 18.1. The van der Waals surface area contributed by atoms with Crippen LogP contribution in [0.4, 0.5) is 5.69 Å². The van der Waals surface area contributed by atoms with Gasteiger partial charge in [-0.2, -0.15) is 0 Å². The molecule has 0 aromatic heterocycles. The van der Waals surface area contributed by atoms with Gasteiger partial charge in [0.25, 0.3) is 5.91 Å². The molecule has 0 spiro atoms. The van der Waals surface area contributed by atoms with Crippen molar-refractivity contribution in [2.24, 2.45) is 0 Å². The number of para-hydroxylation sites is 1. The second-order valence-electron chi connectivity index (χ2n) is 4.79. The molecular formula is C17H17N3O5. The average molecular weight is 343 g/mol. The molecule has 0 heterocycles. The molecule has 0 unspecified atom stereocenters. The van der Waals surface area contributed by atoms with Crippen molar-refractivity contribution >= 4 is 23.4 Å². The molecule has 2 aromatic rings. The van der Waals surface area contributed by atoms with Crippen molar-refractivity contribution in [2.45, 2.75) is 0 Å². The first kappa shape index (κ1) is 17.8. The van der Waals surface area contributed by atoms with E-state index in [2.05, 4.69) is 10.7 Å². The van der Waals surface area contributed by atoms with E-state index in [0.717, 1.165) is 0 Å². The van der Waals surface area contributed by atoms with Crippen LogP contribution in [0.1, 0.15) is 0 Å². The molecule has 0 atom stereocenters. The van der Waals surface area contributed by atoms with Gasteiger partial charge in [0.1, 0.15) is 11.5 Å². The Morgan fingerprint density at radius 3 is 2.12 bits per heavy atom. The summed E-state index contributed by atoms with van der Waals surface area (Å²) in [7, 11) is 1.54. The van der Waals surface area contributed by atoms with Gasteiger partial charge in [0.15, 0.2) is 6.61 Å². The summed E-state index contributed by atoms with van der Waals surface area (Å²) < 4.78 is 10.2. The number of nitrogens with one attached hydrogen (secondary N) is 3. The van der Waals surface area contributed by atoms with Gasteiger partial charge in [-0.15, -0.1) is 0 Å². The molecule has 2 rings (SSSR count). The van der Waals surface area contributed by atoms with E-state index in [1.165, 1.54) is 0 Å². The highest BCUT2D eigenvalue weighted by molar-refractivity contribution is 6.39. The number of hydrazine groups is 1. The Balaban J connectivity index is 1.71. The van der Waals surface area contributed by atoms with Gasteiger partial charge < -0.3 is 14.8 Å². The molecular weight excluding hydrogens is 326 g/mol. The van der Waals surface area contributed by atoms with E-state index in [1.54, 1.807) is 61.7 Å². The Bertz CT molecular complexity index is 732. The predicted octanol–water partition coefficient (Wildman–Crippen LogP) is 0.860. The fourth-order valence-corrected chi connectivity index (χ4v) is 1.75. The highest BCUT2D eigenvalue weighted by Crippen LogP contribution is 2.16. The predicted molar refractivity (Wildman–Crippen MR) is 89.8 cm³/mol. The Morgan fingerprint density at radius 2 is 1.48 bits per heavy atom. The van der Waals surface area contributed by atoms with Crippen molar-refractivity contribution in [3.05, 3.63) is 54.6 Å². The first-order chi connectivity index (χ1) is 12.1. The van der Waals surface area contributed by atoms with Crippen LogP contribution >= 0.6 is 0 Å². The van der Waals surface area contributed by atoms with Crippen molar-refractivity contribution in [1.29, 1.82) is 0 Å². The third-order valence-corrected chi connectivity index (χ3v) is 2.98. The van der Waals surface area contributed by atoms with Crippen LogP contribution in [0, 0.1) is 0 Å². The van der Waals surface area contributed by atoms with Crippen molar-refractivity contribution in [1.82, 2.24) is 10.9 Å². The van der Waals surface area contributed by atoms with Gasteiger partial charge in [-0.05, 0) is 36.4 Å². The SMILES string of the molecule is COc1ccc(OCC(=O)NNC(=O)C(=O)Nc2ccccc2)cc1. The minimum atomic E-state index is -0.998. The van der Waals surface area contributed by atoms with Crippen LogP contribution < -0.4 is 25.6 Å². The maximum absolute atomic E-state index is 11.6. The lowest BCUT2D eigenvalue weighted by atomic mass is 10.3. The van der Waals surface area contributed by atoms with Gasteiger partial charge in [0, 0.05) is 5.69 Å². The molecule has 0 saturated carbocycles. The molecule has 0 aliphatic heterocycles. The molecule has 8 nitrogen and oxygen atoms in total. The van der Waals surface area contributed by atoms with Crippen molar-refractivity contribution < 1.29 is 23.9 Å². The number of carbonyl (C=O) groups excluding carboxylic acids is 3. The van der Waals surface area contributed by atoms with E-state index in [-0.39, 0.29) is 6.61 Å². The molecule has 2 aromatic carbocycles. The lowest BCUT2D eigenvalue weighted by Gasteiger charge is -2.09. The van der Waals surface area contributed by atoms with Crippen LogP contribution in [-0.4, -0.2) is 31.4 Å². The van der Waals surface area contributed by atoms with Gasteiger partial charge in [-0.25, -0.2) is 0 Å². The summed E-state index contributed by atoms with van der Waals surface area (Å²) in [6.45, 7) is -0.326. The first-order valence-corrected chi connectivity index (χ1v) is 7.30. The van der Waals surface area contributed by atoms with E-state index in [0.29, 0.717) is 17.2 Å². The van der Waals surface area contributed by atoms with E-state index in [9.17, 15) is 14.4 Å². The van der Waals surface area contributed by atoms with E-state index >= 15 is 0 Å². The number of anilines is 1. The standard InChI is InChI=1S/C17H17N3O5/c1-24-13-7-9-14(10-8-13)25-11-15(21)19-20-17(23)16(22)18-12-5-3-2-4-6-12/h2-10H,11H2,1H3,(H,18,22)(H,19,21)(H,20,23). The maximum Gasteiger partial charge on any atom is 0.328 e. The lowest BCUT2D eigenvalue weighted by molar-refractivity contribution is -0.138. The number of ether oxygens (including phenoxy) is 2. The summed E-state index contributed by atoms with van der Waals surface area (Å²) in [5.41, 5.74) is 4.57. The largest absolute Gasteiger partial charge is 0.497 e. The van der Waals surface area contributed by atoms with Gasteiger partial charge >= 0.3 is 11.8 Å². The van der Waals surface area contributed by atoms with Crippen molar-refractivity contribution in [2.75, 3.05) is 19.0 Å². The monoisotopic (exact) mass is 343 g/mol. The molecule has 8 heteroatoms. The van der Waals surface area contributed by atoms with Gasteiger partial charge in [0.2, 0.25) is 0 Å². The quantitative estimate of drug-likeness (QED) is 0.552. The molecule has 0 saturated heterocycles. The normalized spacial score (nSPS) is 9.64. The molecule has 25 heavy (non-hydrogen) atoms.